The number of nitrogens with zero attached hydrogens (tertiary/aromatic N) is 3. The van der Waals surface area contributed by atoms with E-state index < -0.39 is 6.04 Å². The fraction of sp³-hybridized carbons (Fsp3) is 0.222. The Balaban J connectivity index is 2.48. The zero-order valence-electron chi connectivity index (χ0n) is 7.71. The zero-order chi connectivity index (χ0) is 10.1. The Morgan fingerprint density at radius 3 is 3.14 bits per heavy atom. The number of rotatable bonds is 2. The Hall–Kier alpha value is -1.75. The third-order valence-corrected chi connectivity index (χ3v) is 1.94. The van der Waals surface area contributed by atoms with Gasteiger partial charge in [0.25, 0.3) is 0 Å². The van der Waals surface area contributed by atoms with Gasteiger partial charge in [-0.25, -0.2) is 9.50 Å². The lowest BCUT2D eigenvalue weighted by atomic mass is 10.1. The highest BCUT2D eigenvalue weighted by Gasteiger charge is 2.11. The van der Waals surface area contributed by atoms with Crippen LogP contribution in [0.3, 0.4) is 0 Å². The first kappa shape index (κ1) is 8.83. The van der Waals surface area contributed by atoms with Gasteiger partial charge in [-0.15, -0.1) is 0 Å². The first-order valence-corrected chi connectivity index (χ1v) is 4.27. The fourth-order valence-corrected chi connectivity index (χ4v) is 1.20. The molecule has 0 saturated heterocycles. The largest absolute Gasteiger partial charge is 0.321 e. The molecule has 72 valence electrons. The molecule has 2 rings (SSSR count). The van der Waals surface area contributed by atoms with Gasteiger partial charge in [-0.3, -0.25) is 4.79 Å². The molecule has 2 aromatic heterocycles. The lowest BCUT2D eigenvalue weighted by Crippen LogP contribution is -2.27. The van der Waals surface area contributed by atoms with Crippen LogP contribution in [0.5, 0.6) is 0 Å². The lowest BCUT2D eigenvalue weighted by molar-refractivity contribution is 0.0967. The van der Waals surface area contributed by atoms with E-state index in [-0.39, 0.29) is 5.78 Å². The first-order valence-electron chi connectivity index (χ1n) is 4.27. The summed E-state index contributed by atoms with van der Waals surface area (Å²) in [6.07, 6.45) is 4.78. The van der Waals surface area contributed by atoms with Crippen molar-refractivity contribution in [3.05, 3.63) is 30.2 Å². The minimum atomic E-state index is -0.509. The second kappa shape index (κ2) is 3.19. The summed E-state index contributed by atoms with van der Waals surface area (Å²) in [4.78, 5) is 15.6. The zero-order valence-corrected chi connectivity index (χ0v) is 7.71. The smallest absolute Gasteiger partial charge is 0.182 e. The molecule has 2 aromatic rings. The molecular weight excluding hydrogens is 180 g/mol. The number of ketones is 1. The van der Waals surface area contributed by atoms with Gasteiger partial charge >= 0.3 is 0 Å². The van der Waals surface area contributed by atoms with Crippen LogP contribution in [0, 0.1) is 0 Å². The number of carbonyl (C=O) groups is 1. The molecule has 5 nitrogen and oxygen atoms in total. The van der Waals surface area contributed by atoms with E-state index in [0.717, 1.165) is 0 Å². The SMILES string of the molecule is CC(N)C(=O)c1cnc2ccnn2c1. The van der Waals surface area contributed by atoms with Gasteiger partial charge in [0.1, 0.15) is 0 Å². The number of aromatic nitrogens is 3. The standard InChI is InChI=1S/C9H10N4O/c1-6(10)9(14)7-4-11-8-2-3-12-13(8)5-7/h2-6H,10H2,1H3. The predicted octanol–water partition coefficient (Wildman–Crippen LogP) is 0.259. The van der Waals surface area contributed by atoms with Crippen molar-refractivity contribution in [2.75, 3.05) is 0 Å². The molecule has 1 atom stereocenters. The summed E-state index contributed by atoms with van der Waals surface area (Å²) in [6, 6.07) is 1.25. The summed E-state index contributed by atoms with van der Waals surface area (Å²) in [5, 5.41) is 3.98. The van der Waals surface area contributed by atoms with E-state index in [2.05, 4.69) is 10.1 Å². The van der Waals surface area contributed by atoms with Gasteiger partial charge in [-0.1, -0.05) is 0 Å². The first-order chi connectivity index (χ1) is 6.68. The number of Topliss-reactive ketones (excluding diaryl/α,β-unsaturated/α-hetero) is 1. The number of hydrogen-bond acceptors (Lipinski definition) is 4. The van der Waals surface area contributed by atoms with Crippen molar-refractivity contribution >= 4 is 11.4 Å². The highest BCUT2D eigenvalue weighted by atomic mass is 16.1. The van der Waals surface area contributed by atoms with E-state index in [0.29, 0.717) is 11.2 Å². The molecule has 0 fully saturated rings. The van der Waals surface area contributed by atoms with E-state index in [1.54, 1.807) is 29.9 Å². The van der Waals surface area contributed by atoms with Crippen LogP contribution < -0.4 is 5.73 Å². The Labute approximate surface area is 80.6 Å². The second-order valence-electron chi connectivity index (χ2n) is 3.13. The van der Waals surface area contributed by atoms with E-state index in [9.17, 15) is 4.79 Å². The fourth-order valence-electron chi connectivity index (χ4n) is 1.20. The molecule has 0 aromatic carbocycles. The lowest BCUT2D eigenvalue weighted by Gasteiger charge is -2.03. The van der Waals surface area contributed by atoms with Crippen molar-refractivity contribution < 1.29 is 4.79 Å². The van der Waals surface area contributed by atoms with E-state index >= 15 is 0 Å². The maximum absolute atomic E-state index is 11.5. The van der Waals surface area contributed by atoms with Crippen LogP contribution in [-0.4, -0.2) is 26.4 Å². The molecule has 1 unspecified atom stereocenters. The van der Waals surface area contributed by atoms with Gasteiger partial charge in [0.15, 0.2) is 11.4 Å². The third kappa shape index (κ3) is 1.38. The van der Waals surface area contributed by atoms with Gasteiger partial charge in [-0.2, -0.15) is 5.10 Å². The monoisotopic (exact) mass is 190 g/mol. The molecule has 0 amide bonds. The number of fused-ring (bicyclic) bond motifs is 1. The highest BCUT2D eigenvalue weighted by molar-refractivity contribution is 5.99. The number of carbonyl (C=O) groups excluding carboxylic acids is 1. The molecule has 0 saturated carbocycles. The van der Waals surface area contributed by atoms with Gasteiger partial charge in [0.05, 0.1) is 17.8 Å². The van der Waals surface area contributed by atoms with Crippen LogP contribution in [-0.2, 0) is 0 Å². The highest BCUT2D eigenvalue weighted by Crippen LogP contribution is 2.03. The summed E-state index contributed by atoms with van der Waals surface area (Å²) in [6.45, 7) is 1.65. The van der Waals surface area contributed by atoms with Crippen LogP contribution in [0.25, 0.3) is 5.65 Å². The molecule has 0 aliphatic heterocycles. The Morgan fingerprint density at radius 2 is 2.43 bits per heavy atom. The summed E-state index contributed by atoms with van der Waals surface area (Å²) >= 11 is 0. The molecule has 0 spiro atoms. The van der Waals surface area contributed by atoms with Crippen molar-refractivity contribution in [3.8, 4) is 0 Å². The summed E-state index contributed by atoms with van der Waals surface area (Å²) in [5.41, 5.74) is 6.68. The third-order valence-electron chi connectivity index (χ3n) is 1.94. The average Bonchev–Trinajstić information content (AvgIpc) is 2.62. The van der Waals surface area contributed by atoms with Crippen LogP contribution in [0.2, 0.25) is 0 Å². The normalized spacial score (nSPS) is 13.0. The van der Waals surface area contributed by atoms with E-state index in [1.807, 2.05) is 0 Å². The van der Waals surface area contributed by atoms with Gasteiger partial charge in [0.2, 0.25) is 0 Å². The van der Waals surface area contributed by atoms with Crippen molar-refractivity contribution in [1.82, 2.24) is 14.6 Å². The summed E-state index contributed by atoms with van der Waals surface area (Å²) < 4.78 is 1.55. The van der Waals surface area contributed by atoms with Crippen LogP contribution in [0.4, 0.5) is 0 Å². The number of nitrogens with two attached hydrogens (primary N) is 1. The van der Waals surface area contributed by atoms with Crippen molar-refractivity contribution in [1.29, 1.82) is 0 Å². The topological polar surface area (TPSA) is 73.3 Å². The number of hydrogen-bond donors (Lipinski definition) is 1. The Morgan fingerprint density at radius 1 is 1.64 bits per heavy atom. The molecule has 0 radical (unpaired) electrons. The van der Waals surface area contributed by atoms with Crippen LogP contribution in [0.1, 0.15) is 17.3 Å². The molecule has 0 aliphatic carbocycles. The predicted molar refractivity (Wildman–Crippen MR) is 51.0 cm³/mol. The van der Waals surface area contributed by atoms with Crippen molar-refractivity contribution in [2.24, 2.45) is 5.73 Å². The molecule has 14 heavy (non-hydrogen) atoms. The second-order valence-corrected chi connectivity index (χ2v) is 3.13. The van der Waals surface area contributed by atoms with Gasteiger partial charge in [0, 0.05) is 18.5 Å². The van der Waals surface area contributed by atoms with Crippen LogP contribution >= 0.6 is 0 Å². The minimum Gasteiger partial charge on any atom is -0.321 e. The molecule has 2 heterocycles. The molecule has 5 heteroatoms. The Bertz CT molecular complexity index is 474. The van der Waals surface area contributed by atoms with Crippen molar-refractivity contribution in [3.63, 3.8) is 0 Å². The van der Waals surface area contributed by atoms with Gasteiger partial charge in [-0.05, 0) is 6.92 Å². The van der Waals surface area contributed by atoms with E-state index in [1.165, 1.54) is 6.20 Å². The van der Waals surface area contributed by atoms with Gasteiger partial charge < -0.3 is 5.73 Å². The maximum Gasteiger partial charge on any atom is 0.182 e. The minimum absolute atomic E-state index is 0.130. The van der Waals surface area contributed by atoms with E-state index in [4.69, 9.17) is 5.73 Å². The average molecular weight is 190 g/mol. The quantitative estimate of drug-likeness (QED) is 0.689. The maximum atomic E-state index is 11.5. The van der Waals surface area contributed by atoms with Crippen LogP contribution in [0.15, 0.2) is 24.7 Å². The molecular formula is C9H10N4O. The summed E-state index contributed by atoms with van der Waals surface area (Å²) in [5.74, 6) is -0.130. The molecule has 2 N–H and O–H groups in total. The molecule has 0 bridgehead atoms. The summed E-state index contributed by atoms with van der Waals surface area (Å²) in [7, 11) is 0. The Kier molecular flexibility index (Phi) is 2.01. The van der Waals surface area contributed by atoms with Crippen molar-refractivity contribution in [2.45, 2.75) is 13.0 Å². The molecule has 0 aliphatic rings.